The fourth-order valence-corrected chi connectivity index (χ4v) is 3.13. The average Bonchev–Trinajstić information content (AvgIpc) is 2.38. The lowest BCUT2D eigenvalue weighted by Crippen LogP contribution is -2.30. The van der Waals surface area contributed by atoms with Gasteiger partial charge < -0.3 is 5.32 Å². The molecule has 1 atom stereocenters. The van der Waals surface area contributed by atoms with E-state index in [2.05, 4.69) is 12.2 Å². The van der Waals surface area contributed by atoms with Gasteiger partial charge in [-0.1, -0.05) is 19.1 Å². The zero-order chi connectivity index (χ0) is 13.9. The third-order valence-electron chi connectivity index (χ3n) is 3.73. The fraction of sp³-hybridized carbons (Fsp3) is 0.571. The third-order valence-corrected chi connectivity index (χ3v) is 4.47. The van der Waals surface area contributed by atoms with Gasteiger partial charge in [0.15, 0.2) is 0 Å². The van der Waals surface area contributed by atoms with Crippen molar-refractivity contribution in [3.05, 3.63) is 29.8 Å². The first-order valence-electron chi connectivity index (χ1n) is 6.52. The number of halogens is 3. The molecule has 0 bridgehead atoms. The van der Waals surface area contributed by atoms with Crippen molar-refractivity contribution in [1.82, 2.24) is 5.32 Å². The van der Waals surface area contributed by atoms with E-state index in [4.69, 9.17) is 0 Å². The smallest absolute Gasteiger partial charge is 0.317 e. The number of thioether (sulfide) groups is 1. The molecular formula is C14H18F3NS. The van der Waals surface area contributed by atoms with E-state index in [0.29, 0.717) is 11.8 Å². The van der Waals surface area contributed by atoms with Gasteiger partial charge in [0.2, 0.25) is 0 Å². The van der Waals surface area contributed by atoms with Gasteiger partial charge in [-0.15, -0.1) is 0 Å². The number of piperidine rings is 1. The lowest BCUT2D eigenvalue weighted by atomic mass is 9.82. The van der Waals surface area contributed by atoms with E-state index in [9.17, 15) is 13.2 Å². The van der Waals surface area contributed by atoms with E-state index >= 15 is 0 Å². The molecule has 1 fully saturated rings. The van der Waals surface area contributed by atoms with Crippen LogP contribution in [0.2, 0.25) is 0 Å². The predicted octanol–water partition coefficient (Wildman–Crippen LogP) is 4.40. The minimum Gasteiger partial charge on any atom is -0.317 e. The summed E-state index contributed by atoms with van der Waals surface area (Å²) in [6.45, 7) is 4.25. The van der Waals surface area contributed by atoms with E-state index in [1.165, 1.54) is 0 Å². The third kappa shape index (κ3) is 4.42. The number of hydrogen-bond donors (Lipinski definition) is 1. The van der Waals surface area contributed by atoms with E-state index < -0.39 is 5.51 Å². The summed E-state index contributed by atoms with van der Waals surface area (Å²) >= 11 is -0.0533. The Balaban J connectivity index is 2.01. The van der Waals surface area contributed by atoms with Crippen molar-refractivity contribution in [3.63, 3.8) is 0 Å². The maximum atomic E-state index is 12.2. The molecule has 1 aromatic rings. The Morgan fingerprint density at radius 3 is 2.26 bits per heavy atom. The number of benzene rings is 1. The summed E-state index contributed by atoms with van der Waals surface area (Å²) in [6, 6.07) is 6.82. The summed E-state index contributed by atoms with van der Waals surface area (Å²) in [6.07, 6.45) is 2.28. The minimum absolute atomic E-state index is 0.0533. The van der Waals surface area contributed by atoms with Crippen LogP contribution in [0.25, 0.3) is 0 Å². The van der Waals surface area contributed by atoms with Gasteiger partial charge >= 0.3 is 5.51 Å². The van der Waals surface area contributed by atoms with Crippen molar-refractivity contribution < 1.29 is 13.2 Å². The first kappa shape index (κ1) is 14.7. The van der Waals surface area contributed by atoms with Crippen LogP contribution in [-0.4, -0.2) is 18.6 Å². The summed E-state index contributed by atoms with van der Waals surface area (Å²) < 4.78 is 36.7. The molecule has 0 aliphatic carbocycles. The van der Waals surface area contributed by atoms with Gasteiger partial charge in [-0.25, -0.2) is 0 Å². The maximum Gasteiger partial charge on any atom is 0.446 e. The van der Waals surface area contributed by atoms with Crippen molar-refractivity contribution in [2.75, 3.05) is 13.1 Å². The summed E-state index contributed by atoms with van der Waals surface area (Å²) in [7, 11) is 0. The van der Waals surface area contributed by atoms with Crippen molar-refractivity contribution in [3.8, 4) is 0 Å². The molecule has 1 aliphatic rings. The molecule has 1 nitrogen and oxygen atoms in total. The maximum absolute atomic E-state index is 12.2. The van der Waals surface area contributed by atoms with Crippen LogP contribution in [0, 0.1) is 5.92 Å². The van der Waals surface area contributed by atoms with Crippen LogP contribution in [0.5, 0.6) is 0 Å². The SMILES string of the molecule is CC(c1ccc(SC(F)(F)F)cc1)C1CCNCC1. The quantitative estimate of drug-likeness (QED) is 0.828. The molecule has 19 heavy (non-hydrogen) atoms. The van der Waals surface area contributed by atoms with Crippen LogP contribution in [0.15, 0.2) is 29.2 Å². The number of nitrogens with one attached hydrogen (secondary N) is 1. The molecule has 2 rings (SSSR count). The summed E-state index contributed by atoms with van der Waals surface area (Å²) in [5.41, 5.74) is -3.07. The van der Waals surface area contributed by atoms with Crippen LogP contribution in [0.3, 0.4) is 0 Å². The molecule has 1 saturated heterocycles. The lowest BCUT2D eigenvalue weighted by Gasteiger charge is -2.28. The molecule has 1 aromatic carbocycles. The Bertz CT molecular complexity index is 396. The highest BCUT2D eigenvalue weighted by Crippen LogP contribution is 2.38. The van der Waals surface area contributed by atoms with Gasteiger partial charge in [0, 0.05) is 4.90 Å². The van der Waals surface area contributed by atoms with Crippen molar-refractivity contribution in [2.45, 2.75) is 36.1 Å². The van der Waals surface area contributed by atoms with E-state index in [-0.39, 0.29) is 16.7 Å². The zero-order valence-corrected chi connectivity index (χ0v) is 11.7. The second-order valence-electron chi connectivity index (χ2n) is 4.99. The highest BCUT2D eigenvalue weighted by Gasteiger charge is 2.29. The molecule has 0 aromatic heterocycles. The molecule has 0 radical (unpaired) electrons. The summed E-state index contributed by atoms with van der Waals surface area (Å²) in [5.74, 6) is 1.04. The van der Waals surface area contributed by atoms with Gasteiger partial charge in [0.05, 0.1) is 0 Å². The first-order chi connectivity index (χ1) is 8.96. The van der Waals surface area contributed by atoms with Crippen LogP contribution < -0.4 is 5.32 Å². The molecule has 1 aliphatic heterocycles. The molecule has 0 amide bonds. The van der Waals surface area contributed by atoms with E-state index in [1.807, 2.05) is 12.1 Å². The van der Waals surface area contributed by atoms with Crippen LogP contribution in [-0.2, 0) is 0 Å². The standard InChI is InChI=1S/C14H18F3NS/c1-10(12-6-8-18-9-7-12)11-2-4-13(5-3-11)19-14(15,16)17/h2-5,10,12,18H,6-9H2,1H3. The number of alkyl halides is 3. The Labute approximate surface area is 116 Å². The van der Waals surface area contributed by atoms with Gasteiger partial charge in [-0.05, 0) is 67.2 Å². The predicted molar refractivity (Wildman–Crippen MR) is 72.4 cm³/mol. The van der Waals surface area contributed by atoms with Gasteiger partial charge in [0.1, 0.15) is 0 Å². The van der Waals surface area contributed by atoms with Gasteiger partial charge in [-0.3, -0.25) is 0 Å². The minimum atomic E-state index is -4.21. The fourth-order valence-electron chi connectivity index (χ4n) is 2.59. The second kappa shape index (κ2) is 6.18. The molecule has 106 valence electrons. The van der Waals surface area contributed by atoms with E-state index in [1.54, 1.807) is 12.1 Å². The van der Waals surface area contributed by atoms with Gasteiger partial charge in [0.25, 0.3) is 0 Å². The Morgan fingerprint density at radius 1 is 1.16 bits per heavy atom. The monoisotopic (exact) mass is 289 g/mol. The normalized spacial score (nSPS) is 19.4. The molecule has 1 heterocycles. The largest absolute Gasteiger partial charge is 0.446 e. The van der Waals surface area contributed by atoms with Gasteiger partial charge in [-0.2, -0.15) is 13.2 Å². The molecular weight excluding hydrogens is 271 g/mol. The van der Waals surface area contributed by atoms with Crippen molar-refractivity contribution >= 4 is 11.8 Å². The Hall–Kier alpha value is -0.680. The molecule has 0 saturated carbocycles. The van der Waals surface area contributed by atoms with Crippen molar-refractivity contribution in [2.24, 2.45) is 5.92 Å². The van der Waals surface area contributed by atoms with Crippen LogP contribution in [0.4, 0.5) is 13.2 Å². The second-order valence-corrected chi connectivity index (χ2v) is 6.13. The molecule has 1 unspecified atom stereocenters. The summed E-state index contributed by atoms with van der Waals surface area (Å²) in [5, 5.41) is 3.33. The number of rotatable bonds is 3. The topological polar surface area (TPSA) is 12.0 Å². The molecule has 5 heteroatoms. The number of hydrogen-bond acceptors (Lipinski definition) is 2. The van der Waals surface area contributed by atoms with Crippen LogP contribution >= 0.6 is 11.8 Å². The lowest BCUT2D eigenvalue weighted by molar-refractivity contribution is -0.0328. The van der Waals surface area contributed by atoms with E-state index in [0.717, 1.165) is 31.5 Å². The highest BCUT2D eigenvalue weighted by atomic mass is 32.2. The first-order valence-corrected chi connectivity index (χ1v) is 7.34. The average molecular weight is 289 g/mol. The highest BCUT2D eigenvalue weighted by molar-refractivity contribution is 8.00. The summed E-state index contributed by atoms with van der Waals surface area (Å²) in [4.78, 5) is 0.258. The van der Waals surface area contributed by atoms with Crippen LogP contribution in [0.1, 0.15) is 31.2 Å². The van der Waals surface area contributed by atoms with Crippen molar-refractivity contribution in [1.29, 1.82) is 0 Å². The Morgan fingerprint density at radius 2 is 1.74 bits per heavy atom. The Kier molecular flexibility index (Phi) is 4.79. The zero-order valence-electron chi connectivity index (χ0n) is 10.8. The molecule has 1 N–H and O–H groups in total. The molecule has 0 spiro atoms.